The number of rotatable bonds is 13. The van der Waals surface area contributed by atoms with Crippen molar-refractivity contribution in [2.24, 2.45) is 11.8 Å². The van der Waals surface area contributed by atoms with Gasteiger partial charge in [-0.3, -0.25) is 13.9 Å². The van der Waals surface area contributed by atoms with Crippen LogP contribution in [0, 0.1) is 18.8 Å². The minimum atomic E-state index is -3.91. The minimum Gasteiger partial charge on any atom is -0.481 e. The minimum absolute atomic E-state index is 0.0103. The number of benzene rings is 3. The highest BCUT2D eigenvalue weighted by atomic mass is 32.2. The number of urea groups is 1. The summed E-state index contributed by atoms with van der Waals surface area (Å²) in [5.74, 6) is 0.122. The highest BCUT2D eigenvalue weighted by Gasteiger charge is 2.33. The molecule has 5 rings (SSSR count). The molecule has 0 heterocycles. The lowest BCUT2D eigenvalue weighted by atomic mass is 9.72. The van der Waals surface area contributed by atoms with Gasteiger partial charge in [0.2, 0.25) is 0 Å². The standard InChI is InChI=1S/C39H50N4O6S/c1-3-43(35-12-8-5-9-13-35)50(48,49)36-26-33(21-14-28(36)2)41-39(47)42(34-22-19-31(20-23-34)30-10-6-4-7-11-30)27-29-15-17-32(18-16-29)38(46)40-25-24-37(44)45/h5,8-9,12-18,21,26,30-31,34H,3-4,6-7,10-11,19-20,22-25,27H2,1-2H3,(H,40,46)(H,41,47)(H,44,45). The number of carboxylic acids is 1. The average Bonchev–Trinajstić information content (AvgIpc) is 3.12. The third kappa shape index (κ3) is 9.24. The Balaban J connectivity index is 1.35. The number of nitrogens with one attached hydrogen (secondary N) is 2. The number of hydrogen-bond donors (Lipinski definition) is 3. The van der Waals surface area contributed by atoms with E-state index in [9.17, 15) is 22.8 Å². The Bertz CT molecular complexity index is 1720. The summed E-state index contributed by atoms with van der Waals surface area (Å²) in [6, 6.07) is 20.7. The first-order valence-electron chi connectivity index (χ1n) is 17.9. The zero-order valence-corrected chi connectivity index (χ0v) is 30.0. The molecule has 0 atom stereocenters. The van der Waals surface area contributed by atoms with Gasteiger partial charge >= 0.3 is 12.0 Å². The molecule has 3 N–H and O–H groups in total. The third-order valence-electron chi connectivity index (χ3n) is 10.3. The zero-order valence-electron chi connectivity index (χ0n) is 29.1. The van der Waals surface area contributed by atoms with Crippen molar-refractivity contribution >= 4 is 39.3 Å². The molecule has 0 aliphatic heterocycles. The molecular formula is C39H50N4O6S. The number of nitrogens with zero attached hydrogens (tertiary/aromatic N) is 2. The molecule has 3 aromatic carbocycles. The smallest absolute Gasteiger partial charge is 0.322 e. The molecule has 2 aliphatic carbocycles. The maximum Gasteiger partial charge on any atom is 0.322 e. The Morgan fingerprint density at radius 3 is 2.14 bits per heavy atom. The molecule has 2 fully saturated rings. The number of anilines is 2. The summed E-state index contributed by atoms with van der Waals surface area (Å²) in [6.45, 7) is 4.16. The molecular weight excluding hydrogens is 653 g/mol. The van der Waals surface area contributed by atoms with Gasteiger partial charge in [0.15, 0.2) is 0 Å². The van der Waals surface area contributed by atoms with Crippen LogP contribution in [0.15, 0.2) is 77.7 Å². The quantitative estimate of drug-likeness (QED) is 0.168. The Hall–Kier alpha value is -4.38. The van der Waals surface area contributed by atoms with Gasteiger partial charge in [0.25, 0.3) is 15.9 Å². The van der Waals surface area contributed by atoms with Gasteiger partial charge in [-0.05, 0) is 98.9 Å². The van der Waals surface area contributed by atoms with Crippen molar-refractivity contribution in [1.29, 1.82) is 0 Å². The molecule has 0 radical (unpaired) electrons. The molecule has 0 aromatic heterocycles. The fraction of sp³-hybridized carbons (Fsp3) is 0.462. The molecule has 50 heavy (non-hydrogen) atoms. The van der Waals surface area contributed by atoms with Crippen molar-refractivity contribution in [2.45, 2.75) is 95.5 Å². The van der Waals surface area contributed by atoms with Gasteiger partial charge in [-0.2, -0.15) is 0 Å². The number of carboxylic acid groups (broad SMARTS) is 1. The van der Waals surface area contributed by atoms with E-state index in [1.54, 1.807) is 68.4 Å². The molecule has 2 aliphatic rings. The highest BCUT2D eigenvalue weighted by Crippen LogP contribution is 2.40. The van der Waals surface area contributed by atoms with Gasteiger partial charge in [-0.15, -0.1) is 0 Å². The number of amides is 3. The summed E-state index contributed by atoms with van der Waals surface area (Å²) >= 11 is 0. The number of aliphatic carboxylic acids is 1. The van der Waals surface area contributed by atoms with Crippen LogP contribution in [0.3, 0.4) is 0 Å². The summed E-state index contributed by atoms with van der Waals surface area (Å²) in [5.41, 5.74) is 2.82. The molecule has 3 aromatic rings. The van der Waals surface area contributed by atoms with Gasteiger partial charge in [-0.25, -0.2) is 13.2 Å². The number of para-hydroxylation sites is 1. The largest absolute Gasteiger partial charge is 0.481 e. The Kier molecular flexibility index (Phi) is 12.6. The number of carbonyl (C=O) groups excluding carboxylic acids is 2. The molecule has 0 unspecified atom stereocenters. The number of sulfonamides is 1. The van der Waals surface area contributed by atoms with Crippen LogP contribution in [-0.2, 0) is 21.4 Å². The topological polar surface area (TPSA) is 136 Å². The summed E-state index contributed by atoms with van der Waals surface area (Å²) in [6.07, 6.45) is 10.3. The summed E-state index contributed by atoms with van der Waals surface area (Å²) in [7, 11) is -3.91. The molecule has 10 nitrogen and oxygen atoms in total. The van der Waals surface area contributed by atoms with E-state index in [-0.39, 0.29) is 42.4 Å². The Labute approximate surface area is 296 Å². The molecule has 0 bridgehead atoms. The van der Waals surface area contributed by atoms with Gasteiger partial charge in [0.05, 0.1) is 17.0 Å². The SMILES string of the molecule is CCN(c1ccccc1)S(=O)(=O)c1cc(NC(=O)N(Cc2ccc(C(=O)NCCC(=O)O)cc2)C2CCC(C3CCCCC3)CC2)ccc1C. The normalized spacial score (nSPS) is 18.2. The number of hydrogen-bond acceptors (Lipinski definition) is 5. The third-order valence-corrected chi connectivity index (χ3v) is 12.3. The van der Waals surface area contributed by atoms with Crippen LogP contribution >= 0.6 is 0 Å². The first-order chi connectivity index (χ1) is 24.1. The monoisotopic (exact) mass is 702 g/mol. The lowest BCUT2D eigenvalue weighted by Crippen LogP contribution is -2.44. The fourth-order valence-corrected chi connectivity index (χ4v) is 9.28. The van der Waals surface area contributed by atoms with Crippen molar-refractivity contribution in [2.75, 3.05) is 22.7 Å². The molecule has 268 valence electrons. The molecule has 0 saturated heterocycles. The second-order valence-corrected chi connectivity index (χ2v) is 15.4. The first-order valence-corrected chi connectivity index (χ1v) is 19.4. The van der Waals surface area contributed by atoms with E-state index in [1.165, 1.54) is 36.4 Å². The maximum atomic E-state index is 14.1. The van der Waals surface area contributed by atoms with Crippen LogP contribution in [0.5, 0.6) is 0 Å². The van der Waals surface area contributed by atoms with E-state index in [2.05, 4.69) is 10.6 Å². The van der Waals surface area contributed by atoms with E-state index in [4.69, 9.17) is 5.11 Å². The lowest BCUT2D eigenvalue weighted by Gasteiger charge is -2.40. The van der Waals surface area contributed by atoms with E-state index in [0.29, 0.717) is 35.0 Å². The lowest BCUT2D eigenvalue weighted by molar-refractivity contribution is -0.136. The van der Waals surface area contributed by atoms with E-state index in [1.807, 2.05) is 23.1 Å². The van der Waals surface area contributed by atoms with Crippen molar-refractivity contribution in [3.05, 3.63) is 89.5 Å². The second kappa shape index (κ2) is 17.0. The first kappa shape index (κ1) is 36.9. The van der Waals surface area contributed by atoms with Gasteiger partial charge < -0.3 is 20.6 Å². The van der Waals surface area contributed by atoms with Crippen LogP contribution in [0.4, 0.5) is 16.2 Å². The summed E-state index contributed by atoms with van der Waals surface area (Å²) in [5, 5.41) is 14.5. The number of aryl methyl sites for hydroxylation is 1. The highest BCUT2D eigenvalue weighted by molar-refractivity contribution is 7.92. The van der Waals surface area contributed by atoms with Crippen molar-refractivity contribution in [3.63, 3.8) is 0 Å². The molecule has 0 spiro atoms. The average molecular weight is 703 g/mol. The van der Waals surface area contributed by atoms with Gasteiger partial charge in [-0.1, -0.05) is 68.5 Å². The van der Waals surface area contributed by atoms with E-state index < -0.39 is 16.0 Å². The van der Waals surface area contributed by atoms with Crippen molar-refractivity contribution in [3.8, 4) is 0 Å². The Morgan fingerprint density at radius 2 is 1.50 bits per heavy atom. The van der Waals surface area contributed by atoms with Crippen LogP contribution in [0.1, 0.15) is 92.6 Å². The zero-order chi connectivity index (χ0) is 35.7. The molecule has 11 heteroatoms. The predicted molar refractivity (Wildman–Crippen MR) is 196 cm³/mol. The van der Waals surface area contributed by atoms with Crippen molar-refractivity contribution in [1.82, 2.24) is 10.2 Å². The fourth-order valence-electron chi connectivity index (χ4n) is 7.56. The molecule has 3 amide bonds. The van der Waals surface area contributed by atoms with E-state index >= 15 is 0 Å². The van der Waals surface area contributed by atoms with Crippen molar-refractivity contribution < 1.29 is 27.9 Å². The molecule has 2 saturated carbocycles. The van der Waals surface area contributed by atoms with Gasteiger partial charge in [0.1, 0.15) is 0 Å². The summed E-state index contributed by atoms with van der Waals surface area (Å²) in [4.78, 5) is 39.5. The summed E-state index contributed by atoms with van der Waals surface area (Å²) < 4.78 is 29.2. The number of carbonyl (C=O) groups is 3. The van der Waals surface area contributed by atoms with Crippen LogP contribution in [0.25, 0.3) is 0 Å². The van der Waals surface area contributed by atoms with Crippen LogP contribution in [0.2, 0.25) is 0 Å². The second-order valence-electron chi connectivity index (χ2n) is 13.6. The Morgan fingerprint density at radius 1 is 0.840 bits per heavy atom. The van der Waals surface area contributed by atoms with Gasteiger partial charge in [0, 0.05) is 36.9 Å². The van der Waals surface area contributed by atoms with E-state index in [0.717, 1.165) is 37.2 Å². The van der Waals surface area contributed by atoms with Crippen LogP contribution in [-0.4, -0.2) is 55.5 Å². The predicted octanol–water partition coefficient (Wildman–Crippen LogP) is 7.59. The van der Waals surface area contributed by atoms with Crippen LogP contribution < -0.4 is 14.9 Å². The maximum absolute atomic E-state index is 14.1.